The lowest BCUT2D eigenvalue weighted by molar-refractivity contribution is 0.0951. The summed E-state index contributed by atoms with van der Waals surface area (Å²) < 4.78 is 15.8. The highest BCUT2D eigenvalue weighted by Crippen LogP contribution is 2.35. The number of H-pyrrole nitrogens is 1. The van der Waals surface area contributed by atoms with Crippen molar-refractivity contribution in [2.45, 2.75) is 0 Å². The van der Waals surface area contributed by atoms with Crippen LogP contribution in [0.5, 0.6) is 17.2 Å². The van der Waals surface area contributed by atoms with Gasteiger partial charge in [-0.15, -0.1) is 0 Å². The van der Waals surface area contributed by atoms with E-state index in [4.69, 9.17) is 14.2 Å². The molecule has 2 N–H and O–H groups in total. The van der Waals surface area contributed by atoms with Crippen LogP contribution in [-0.2, 0) is 0 Å². The number of ether oxygens (including phenoxy) is 3. The Morgan fingerprint density at radius 3 is 2.65 bits per heavy atom. The summed E-state index contributed by atoms with van der Waals surface area (Å²) in [6.45, 7) is 0. The zero-order chi connectivity index (χ0) is 18.5. The number of aromatic amines is 1. The van der Waals surface area contributed by atoms with Crippen molar-refractivity contribution in [3.8, 4) is 17.2 Å². The molecular formula is C19H19N3O4. The fraction of sp³-hybridized carbons (Fsp3) is 0.158. The first kappa shape index (κ1) is 17.3. The van der Waals surface area contributed by atoms with Crippen LogP contribution in [-0.4, -0.2) is 38.4 Å². The van der Waals surface area contributed by atoms with E-state index in [0.29, 0.717) is 17.2 Å². The number of nitrogens with zero attached hydrogens (tertiary/aromatic N) is 1. The first-order chi connectivity index (χ1) is 12.7. The minimum atomic E-state index is -0.360. The number of carbonyl (C=O) groups is 1. The summed E-state index contributed by atoms with van der Waals surface area (Å²) in [5, 5.41) is 4.74. The van der Waals surface area contributed by atoms with Crippen LogP contribution in [0.25, 0.3) is 10.9 Å². The number of amides is 1. The molecule has 3 aromatic rings. The number of nitrogens with one attached hydrogen (secondary N) is 2. The molecule has 2 aromatic carbocycles. The van der Waals surface area contributed by atoms with E-state index in [1.807, 2.05) is 30.3 Å². The van der Waals surface area contributed by atoms with Crippen molar-refractivity contribution in [1.82, 2.24) is 10.4 Å². The van der Waals surface area contributed by atoms with Gasteiger partial charge in [0, 0.05) is 5.39 Å². The molecule has 7 nitrogen and oxygen atoms in total. The molecule has 0 saturated heterocycles. The van der Waals surface area contributed by atoms with Gasteiger partial charge in [-0.05, 0) is 35.9 Å². The summed E-state index contributed by atoms with van der Waals surface area (Å²) in [5.41, 5.74) is 4.45. The Kier molecular flexibility index (Phi) is 5.07. The fourth-order valence-electron chi connectivity index (χ4n) is 2.60. The van der Waals surface area contributed by atoms with Crippen molar-refractivity contribution < 1.29 is 19.0 Å². The average Bonchev–Trinajstić information content (AvgIpc) is 3.11. The van der Waals surface area contributed by atoms with Gasteiger partial charge >= 0.3 is 0 Å². The van der Waals surface area contributed by atoms with Crippen molar-refractivity contribution in [2.24, 2.45) is 5.10 Å². The number of aromatic nitrogens is 1. The highest BCUT2D eigenvalue weighted by molar-refractivity contribution is 6.00. The van der Waals surface area contributed by atoms with Gasteiger partial charge in [-0.2, -0.15) is 5.10 Å². The number of fused-ring (bicyclic) bond motifs is 1. The third-order valence-corrected chi connectivity index (χ3v) is 3.86. The van der Waals surface area contributed by atoms with Gasteiger partial charge in [-0.3, -0.25) is 4.79 Å². The van der Waals surface area contributed by atoms with Crippen LogP contribution in [0.3, 0.4) is 0 Å². The van der Waals surface area contributed by atoms with E-state index in [1.165, 1.54) is 0 Å². The molecule has 0 unspecified atom stereocenters. The molecule has 1 amide bonds. The van der Waals surface area contributed by atoms with E-state index >= 15 is 0 Å². The molecule has 0 aliphatic heterocycles. The minimum absolute atomic E-state index is 0.360. The van der Waals surface area contributed by atoms with E-state index in [0.717, 1.165) is 22.2 Å². The number of hydrogen-bond donors (Lipinski definition) is 2. The Hall–Kier alpha value is -3.48. The third kappa shape index (κ3) is 3.46. The third-order valence-electron chi connectivity index (χ3n) is 3.86. The number of rotatable bonds is 6. The van der Waals surface area contributed by atoms with Crippen molar-refractivity contribution >= 4 is 23.0 Å². The lowest BCUT2D eigenvalue weighted by atomic mass is 10.2. The second-order valence-corrected chi connectivity index (χ2v) is 5.42. The Labute approximate surface area is 150 Å². The molecular weight excluding hydrogens is 334 g/mol. The van der Waals surface area contributed by atoms with Crippen molar-refractivity contribution in [3.05, 3.63) is 53.7 Å². The summed E-state index contributed by atoms with van der Waals surface area (Å²) in [6.07, 6.45) is 1.55. The van der Waals surface area contributed by atoms with Crippen LogP contribution in [0.15, 0.2) is 47.6 Å². The number of carbonyl (C=O) groups excluding carboxylic acids is 1. The molecule has 0 fully saturated rings. The zero-order valence-corrected chi connectivity index (χ0v) is 14.7. The molecule has 26 heavy (non-hydrogen) atoms. The van der Waals surface area contributed by atoms with Gasteiger partial charge < -0.3 is 19.2 Å². The van der Waals surface area contributed by atoms with Crippen LogP contribution in [0, 0.1) is 0 Å². The molecule has 0 spiro atoms. The van der Waals surface area contributed by atoms with Gasteiger partial charge in [0.1, 0.15) is 11.4 Å². The van der Waals surface area contributed by atoms with Gasteiger partial charge in [-0.1, -0.05) is 12.1 Å². The standard InChI is InChI=1S/C19H19N3O4/c1-24-13-6-4-5-12(9-13)11-20-22-19(23)16-10-14-15(21-16)7-8-17(25-2)18(14)26-3/h4-11,21H,1-3H3,(H,22,23)/b20-11-. The van der Waals surface area contributed by atoms with Gasteiger partial charge in [0.15, 0.2) is 11.5 Å². The Morgan fingerprint density at radius 1 is 1.08 bits per heavy atom. The molecule has 134 valence electrons. The molecule has 0 atom stereocenters. The molecule has 0 saturated carbocycles. The molecule has 1 aromatic heterocycles. The first-order valence-electron chi connectivity index (χ1n) is 7.87. The van der Waals surface area contributed by atoms with E-state index in [-0.39, 0.29) is 5.91 Å². The topological polar surface area (TPSA) is 84.9 Å². The van der Waals surface area contributed by atoms with Crippen molar-refractivity contribution in [3.63, 3.8) is 0 Å². The SMILES string of the molecule is COc1cccc(/C=N\NC(=O)c2cc3c(OC)c(OC)ccc3[nH]2)c1. The smallest absolute Gasteiger partial charge is 0.287 e. The van der Waals surface area contributed by atoms with E-state index < -0.39 is 0 Å². The molecule has 1 heterocycles. The van der Waals surface area contributed by atoms with Gasteiger partial charge in [0.25, 0.3) is 5.91 Å². The van der Waals surface area contributed by atoms with Gasteiger partial charge in [-0.25, -0.2) is 5.43 Å². The largest absolute Gasteiger partial charge is 0.497 e. The molecule has 0 bridgehead atoms. The van der Waals surface area contributed by atoms with E-state index in [2.05, 4.69) is 15.5 Å². The van der Waals surface area contributed by atoms with E-state index in [1.54, 1.807) is 39.7 Å². The summed E-state index contributed by atoms with van der Waals surface area (Å²) in [4.78, 5) is 15.4. The normalized spacial score (nSPS) is 10.9. The van der Waals surface area contributed by atoms with Crippen LogP contribution in [0.1, 0.15) is 16.1 Å². The number of hydrazone groups is 1. The zero-order valence-electron chi connectivity index (χ0n) is 14.7. The highest BCUT2D eigenvalue weighted by atomic mass is 16.5. The minimum Gasteiger partial charge on any atom is -0.497 e. The maximum absolute atomic E-state index is 12.3. The molecule has 0 aliphatic carbocycles. The molecule has 0 aliphatic rings. The second-order valence-electron chi connectivity index (χ2n) is 5.42. The average molecular weight is 353 g/mol. The van der Waals surface area contributed by atoms with Crippen LogP contribution < -0.4 is 19.6 Å². The predicted molar refractivity (Wildman–Crippen MR) is 99.5 cm³/mol. The van der Waals surface area contributed by atoms with Gasteiger partial charge in [0.05, 0.1) is 33.1 Å². The van der Waals surface area contributed by atoms with Gasteiger partial charge in [0.2, 0.25) is 0 Å². The number of methoxy groups -OCH3 is 3. The summed E-state index contributed by atoms with van der Waals surface area (Å²) in [6, 6.07) is 12.7. The lowest BCUT2D eigenvalue weighted by Crippen LogP contribution is -2.17. The molecule has 3 rings (SSSR count). The van der Waals surface area contributed by atoms with Crippen molar-refractivity contribution in [1.29, 1.82) is 0 Å². The van der Waals surface area contributed by atoms with Crippen molar-refractivity contribution in [2.75, 3.05) is 21.3 Å². The second kappa shape index (κ2) is 7.60. The Balaban J connectivity index is 1.78. The number of benzene rings is 2. The fourth-order valence-corrected chi connectivity index (χ4v) is 2.60. The summed E-state index contributed by atoms with van der Waals surface area (Å²) >= 11 is 0. The lowest BCUT2D eigenvalue weighted by Gasteiger charge is -2.07. The Bertz CT molecular complexity index is 963. The maximum Gasteiger partial charge on any atom is 0.287 e. The summed E-state index contributed by atoms with van der Waals surface area (Å²) in [7, 11) is 4.72. The first-order valence-corrected chi connectivity index (χ1v) is 7.87. The Morgan fingerprint density at radius 2 is 1.92 bits per heavy atom. The van der Waals surface area contributed by atoms with Crippen LogP contribution in [0.2, 0.25) is 0 Å². The van der Waals surface area contributed by atoms with Crippen LogP contribution in [0.4, 0.5) is 0 Å². The molecule has 7 heteroatoms. The highest BCUT2D eigenvalue weighted by Gasteiger charge is 2.14. The quantitative estimate of drug-likeness (QED) is 0.527. The van der Waals surface area contributed by atoms with E-state index in [9.17, 15) is 4.79 Å². The predicted octanol–water partition coefficient (Wildman–Crippen LogP) is 2.96. The van der Waals surface area contributed by atoms with Crippen LogP contribution >= 0.6 is 0 Å². The maximum atomic E-state index is 12.3. The number of hydrogen-bond acceptors (Lipinski definition) is 5. The molecule has 0 radical (unpaired) electrons. The summed E-state index contributed by atoms with van der Waals surface area (Å²) in [5.74, 6) is 1.53. The monoisotopic (exact) mass is 353 g/mol.